The molecule has 162 valence electrons. The van der Waals surface area contributed by atoms with Gasteiger partial charge in [0.05, 0.1) is 27.0 Å². The highest BCUT2D eigenvalue weighted by Gasteiger charge is 2.22. The van der Waals surface area contributed by atoms with Crippen LogP contribution in [0.3, 0.4) is 0 Å². The number of aromatic nitrogens is 1. The van der Waals surface area contributed by atoms with Crippen LogP contribution in [-0.2, 0) is 0 Å². The number of carbonyl (C=O) groups excluding carboxylic acids is 1. The molecule has 1 N–H and O–H groups in total. The largest absolute Gasteiger partial charge is 0.494 e. The van der Waals surface area contributed by atoms with E-state index in [0.717, 1.165) is 49.1 Å². The standard InChI is InChI=1S/C24H27N3O4/c1-29-20-11-10-16(14-22(20)31-3)25-18-15-19(24(28)27-12-5-4-6-13-27)26-23-17(18)8-7-9-21(23)30-2/h7-11,14-15H,4-6,12-13H2,1-3H3,(H,25,26). The number of nitrogens with zero attached hydrogens (tertiary/aromatic N) is 2. The molecule has 0 bridgehead atoms. The number of likely N-dealkylation sites (tertiary alicyclic amines) is 1. The van der Waals surface area contributed by atoms with E-state index in [1.54, 1.807) is 21.3 Å². The molecule has 2 heterocycles. The summed E-state index contributed by atoms with van der Waals surface area (Å²) in [4.78, 5) is 19.8. The predicted octanol–water partition coefficient (Wildman–Crippen LogP) is 4.63. The fraction of sp³-hybridized carbons (Fsp3) is 0.333. The third-order valence-electron chi connectivity index (χ3n) is 5.55. The van der Waals surface area contributed by atoms with E-state index >= 15 is 0 Å². The van der Waals surface area contributed by atoms with Gasteiger partial charge in [0.15, 0.2) is 11.5 Å². The van der Waals surface area contributed by atoms with Gasteiger partial charge in [0, 0.05) is 30.2 Å². The summed E-state index contributed by atoms with van der Waals surface area (Å²) < 4.78 is 16.3. The molecule has 0 saturated carbocycles. The summed E-state index contributed by atoms with van der Waals surface area (Å²) >= 11 is 0. The number of rotatable bonds is 6. The number of benzene rings is 2. The highest BCUT2D eigenvalue weighted by molar-refractivity contribution is 6.02. The van der Waals surface area contributed by atoms with Crippen molar-refractivity contribution in [3.05, 3.63) is 48.2 Å². The number of hydrogen-bond donors (Lipinski definition) is 1. The average molecular weight is 421 g/mol. The minimum atomic E-state index is -0.0529. The van der Waals surface area contributed by atoms with Gasteiger partial charge in [-0.3, -0.25) is 4.79 Å². The summed E-state index contributed by atoms with van der Waals surface area (Å²) in [6.45, 7) is 1.53. The number of para-hydroxylation sites is 1. The smallest absolute Gasteiger partial charge is 0.272 e. The van der Waals surface area contributed by atoms with Crippen molar-refractivity contribution >= 4 is 28.2 Å². The first kappa shape index (κ1) is 20.8. The average Bonchev–Trinajstić information content (AvgIpc) is 2.83. The Bertz CT molecular complexity index is 1090. The maximum absolute atomic E-state index is 13.2. The summed E-state index contributed by atoms with van der Waals surface area (Å²) in [5.41, 5.74) is 2.64. The third kappa shape index (κ3) is 4.21. The Labute approximate surface area is 181 Å². The summed E-state index contributed by atoms with van der Waals surface area (Å²) in [5, 5.41) is 4.29. The zero-order valence-electron chi connectivity index (χ0n) is 18.1. The lowest BCUT2D eigenvalue weighted by Crippen LogP contribution is -2.36. The van der Waals surface area contributed by atoms with E-state index < -0.39 is 0 Å². The van der Waals surface area contributed by atoms with Crippen molar-refractivity contribution in [2.24, 2.45) is 0 Å². The summed E-state index contributed by atoms with van der Waals surface area (Å²) in [6.07, 6.45) is 3.22. The number of nitrogens with one attached hydrogen (secondary N) is 1. The lowest BCUT2D eigenvalue weighted by atomic mass is 10.1. The molecule has 1 amide bonds. The van der Waals surface area contributed by atoms with Crippen LogP contribution in [-0.4, -0.2) is 50.2 Å². The topological polar surface area (TPSA) is 72.9 Å². The van der Waals surface area contributed by atoms with Crippen molar-refractivity contribution in [1.29, 1.82) is 0 Å². The third-order valence-corrected chi connectivity index (χ3v) is 5.55. The van der Waals surface area contributed by atoms with E-state index in [4.69, 9.17) is 14.2 Å². The van der Waals surface area contributed by atoms with Gasteiger partial charge in [0.2, 0.25) is 0 Å². The molecule has 0 spiro atoms. The molecule has 1 aromatic heterocycles. The lowest BCUT2D eigenvalue weighted by molar-refractivity contribution is 0.0719. The van der Waals surface area contributed by atoms with Gasteiger partial charge >= 0.3 is 0 Å². The molecule has 31 heavy (non-hydrogen) atoms. The number of fused-ring (bicyclic) bond motifs is 1. The van der Waals surface area contributed by atoms with E-state index in [2.05, 4.69) is 10.3 Å². The maximum atomic E-state index is 13.2. The fourth-order valence-electron chi connectivity index (χ4n) is 3.93. The van der Waals surface area contributed by atoms with Gasteiger partial charge in [0.25, 0.3) is 5.91 Å². The molecule has 0 radical (unpaired) electrons. The molecule has 1 saturated heterocycles. The van der Waals surface area contributed by atoms with Crippen LogP contribution in [0.4, 0.5) is 11.4 Å². The monoisotopic (exact) mass is 421 g/mol. The zero-order valence-corrected chi connectivity index (χ0v) is 18.1. The van der Waals surface area contributed by atoms with Crippen LogP contribution in [0.1, 0.15) is 29.8 Å². The van der Waals surface area contributed by atoms with Crippen molar-refractivity contribution in [3.8, 4) is 17.2 Å². The summed E-state index contributed by atoms with van der Waals surface area (Å²) in [5.74, 6) is 1.84. The predicted molar refractivity (Wildman–Crippen MR) is 121 cm³/mol. The first-order valence-corrected chi connectivity index (χ1v) is 10.4. The molecule has 0 unspecified atom stereocenters. The number of carbonyl (C=O) groups is 1. The minimum Gasteiger partial charge on any atom is -0.494 e. The second-order valence-corrected chi connectivity index (χ2v) is 7.46. The van der Waals surface area contributed by atoms with Gasteiger partial charge in [-0.25, -0.2) is 4.98 Å². The van der Waals surface area contributed by atoms with Crippen LogP contribution in [0.25, 0.3) is 10.9 Å². The maximum Gasteiger partial charge on any atom is 0.272 e. The highest BCUT2D eigenvalue weighted by Crippen LogP contribution is 2.35. The van der Waals surface area contributed by atoms with Crippen molar-refractivity contribution < 1.29 is 19.0 Å². The Morgan fingerprint density at radius 3 is 2.35 bits per heavy atom. The van der Waals surface area contributed by atoms with Crippen LogP contribution in [0.2, 0.25) is 0 Å². The minimum absolute atomic E-state index is 0.0529. The highest BCUT2D eigenvalue weighted by atomic mass is 16.5. The van der Waals surface area contributed by atoms with Crippen LogP contribution >= 0.6 is 0 Å². The molecule has 4 rings (SSSR count). The molecule has 3 aromatic rings. The van der Waals surface area contributed by atoms with E-state index in [-0.39, 0.29) is 5.91 Å². The molecular weight excluding hydrogens is 394 g/mol. The Balaban J connectivity index is 1.78. The number of amides is 1. The van der Waals surface area contributed by atoms with Crippen molar-refractivity contribution in [2.45, 2.75) is 19.3 Å². The lowest BCUT2D eigenvalue weighted by Gasteiger charge is -2.26. The molecule has 1 aliphatic rings. The van der Waals surface area contributed by atoms with Crippen LogP contribution in [0.5, 0.6) is 17.2 Å². The van der Waals surface area contributed by atoms with Gasteiger partial charge in [-0.2, -0.15) is 0 Å². The number of anilines is 2. The number of pyridine rings is 1. The normalized spacial score (nSPS) is 13.7. The molecule has 0 atom stereocenters. The van der Waals surface area contributed by atoms with Gasteiger partial charge in [0.1, 0.15) is 17.0 Å². The van der Waals surface area contributed by atoms with E-state index in [9.17, 15) is 4.79 Å². The molecule has 2 aromatic carbocycles. The molecule has 1 fully saturated rings. The summed E-state index contributed by atoms with van der Waals surface area (Å²) in [7, 11) is 4.81. The van der Waals surface area contributed by atoms with Crippen molar-refractivity contribution in [2.75, 3.05) is 39.7 Å². The van der Waals surface area contributed by atoms with E-state index in [0.29, 0.717) is 28.5 Å². The zero-order chi connectivity index (χ0) is 21.8. The first-order valence-electron chi connectivity index (χ1n) is 10.4. The van der Waals surface area contributed by atoms with Crippen LogP contribution in [0.15, 0.2) is 42.5 Å². The summed E-state index contributed by atoms with van der Waals surface area (Å²) in [6, 6.07) is 13.1. The second-order valence-electron chi connectivity index (χ2n) is 7.46. The Morgan fingerprint density at radius 1 is 0.903 bits per heavy atom. The number of piperidine rings is 1. The van der Waals surface area contributed by atoms with Gasteiger partial charge < -0.3 is 24.4 Å². The van der Waals surface area contributed by atoms with Gasteiger partial charge in [-0.15, -0.1) is 0 Å². The van der Waals surface area contributed by atoms with Crippen LogP contribution in [0, 0.1) is 0 Å². The number of methoxy groups -OCH3 is 3. The molecule has 1 aliphatic heterocycles. The van der Waals surface area contributed by atoms with Gasteiger partial charge in [-0.1, -0.05) is 12.1 Å². The Morgan fingerprint density at radius 2 is 1.65 bits per heavy atom. The quantitative estimate of drug-likeness (QED) is 0.626. The molecular formula is C24H27N3O4. The Kier molecular flexibility index (Phi) is 6.11. The van der Waals surface area contributed by atoms with Crippen molar-refractivity contribution in [3.63, 3.8) is 0 Å². The van der Waals surface area contributed by atoms with E-state index in [1.807, 2.05) is 47.4 Å². The van der Waals surface area contributed by atoms with E-state index in [1.165, 1.54) is 0 Å². The number of ether oxygens (including phenoxy) is 3. The first-order chi connectivity index (χ1) is 15.1. The van der Waals surface area contributed by atoms with Gasteiger partial charge in [-0.05, 0) is 43.5 Å². The molecule has 7 heteroatoms. The fourth-order valence-corrected chi connectivity index (χ4v) is 3.93. The van der Waals surface area contributed by atoms with Crippen molar-refractivity contribution in [1.82, 2.24) is 9.88 Å². The van der Waals surface area contributed by atoms with Crippen LogP contribution < -0.4 is 19.5 Å². The second kappa shape index (κ2) is 9.12. The molecule has 7 nitrogen and oxygen atoms in total. The number of hydrogen-bond acceptors (Lipinski definition) is 6. The molecule has 0 aliphatic carbocycles. The SMILES string of the molecule is COc1ccc(Nc2cc(C(=O)N3CCCCC3)nc3c(OC)cccc23)cc1OC. The Hall–Kier alpha value is -3.48.